The highest BCUT2D eigenvalue weighted by Gasteiger charge is 2.29. The van der Waals surface area contributed by atoms with E-state index in [1.54, 1.807) is 4.57 Å². The number of hydrogen-bond acceptors (Lipinski definition) is 4. The van der Waals surface area contributed by atoms with Crippen molar-refractivity contribution in [2.45, 2.75) is 35.5 Å². The van der Waals surface area contributed by atoms with Crippen LogP contribution in [0.4, 0.5) is 0 Å². The SMILES string of the molecule is CNCc1ccc(Cl)cc1Sc1n[nH]c(=O)n1C1CC1. The van der Waals surface area contributed by atoms with Crippen molar-refractivity contribution in [1.29, 1.82) is 0 Å². The quantitative estimate of drug-likeness (QED) is 0.890. The van der Waals surface area contributed by atoms with E-state index in [0.717, 1.165) is 29.8 Å². The van der Waals surface area contributed by atoms with Gasteiger partial charge in [0.2, 0.25) is 0 Å². The minimum Gasteiger partial charge on any atom is -0.316 e. The fourth-order valence-electron chi connectivity index (χ4n) is 2.08. The van der Waals surface area contributed by atoms with Crippen molar-refractivity contribution in [3.63, 3.8) is 0 Å². The Morgan fingerprint density at radius 2 is 2.35 bits per heavy atom. The molecule has 1 aliphatic carbocycles. The zero-order chi connectivity index (χ0) is 14.1. The van der Waals surface area contributed by atoms with Gasteiger partial charge in [0.25, 0.3) is 0 Å². The first-order chi connectivity index (χ1) is 9.69. The highest BCUT2D eigenvalue weighted by molar-refractivity contribution is 7.99. The predicted octanol–water partition coefficient (Wildman–Crippen LogP) is 2.43. The molecular formula is C13H15ClN4OS. The lowest BCUT2D eigenvalue weighted by atomic mass is 10.2. The third-order valence-electron chi connectivity index (χ3n) is 3.18. The fraction of sp³-hybridized carbons (Fsp3) is 0.385. The number of nitrogens with one attached hydrogen (secondary N) is 2. The van der Waals surface area contributed by atoms with Gasteiger partial charge in [0.15, 0.2) is 5.16 Å². The van der Waals surface area contributed by atoms with Crippen molar-refractivity contribution in [1.82, 2.24) is 20.1 Å². The third kappa shape index (κ3) is 2.77. The van der Waals surface area contributed by atoms with Crippen LogP contribution >= 0.6 is 23.4 Å². The van der Waals surface area contributed by atoms with E-state index in [9.17, 15) is 4.79 Å². The third-order valence-corrected chi connectivity index (χ3v) is 4.49. The van der Waals surface area contributed by atoms with Crippen LogP contribution in [-0.2, 0) is 6.54 Å². The van der Waals surface area contributed by atoms with E-state index in [0.29, 0.717) is 16.2 Å². The number of nitrogens with zero attached hydrogens (tertiary/aromatic N) is 2. The van der Waals surface area contributed by atoms with Crippen molar-refractivity contribution in [2.75, 3.05) is 7.05 Å². The monoisotopic (exact) mass is 310 g/mol. The van der Waals surface area contributed by atoms with E-state index >= 15 is 0 Å². The zero-order valence-electron chi connectivity index (χ0n) is 11.0. The first-order valence-electron chi connectivity index (χ1n) is 6.47. The number of H-pyrrole nitrogens is 1. The molecule has 3 rings (SSSR count). The molecular weight excluding hydrogens is 296 g/mol. The van der Waals surface area contributed by atoms with Gasteiger partial charge in [-0.2, -0.15) is 0 Å². The van der Waals surface area contributed by atoms with Crippen LogP contribution in [0.5, 0.6) is 0 Å². The van der Waals surface area contributed by atoms with Crippen molar-refractivity contribution in [3.8, 4) is 0 Å². The van der Waals surface area contributed by atoms with E-state index < -0.39 is 0 Å². The number of aromatic amines is 1. The molecule has 1 aromatic heterocycles. The smallest absolute Gasteiger partial charge is 0.316 e. The molecule has 1 aromatic carbocycles. The molecule has 0 bridgehead atoms. The number of benzene rings is 1. The lowest BCUT2D eigenvalue weighted by molar-refractivity contribution is 0.642. The Kier molecular flexibility index (Phi) is 3.87. The molecule has 0 radical (unpaired) electrons. The van der Waals surface area contributed by atoms with E-state index in [2.05, 4.69) is 15.5 Å². The van der Waals surface area contributed by atoms with E-state index in [4.69, 9.17) is 11.6 Å². The Morgan fingerprint density at radius 1 is 1.55 bits per heavy atom. The maximum atomic E-state index is 11.8. The number of hydrogen-bond donors (Lipinski definition) is 2. The summed E-state index contributed by atoms with van der Waals surface area (Å²) in [4.78, 5) is 12.8. The van der Waals surface area contributed by atoms with Crippen LogP contribution < -0.4 is 11.0 Å². The molecule has 0 amide bonds. The first kappa shape index (κ1) is 13.7. The molecule has 20 heavy (non-hydrogen) atoms. The fourth-order valence-corrected chi connectivity index (χ4v) is 3.39. The normalized spacial score (nSPS) is 14.7. The largest absolute Gasteiger partial charge is 0.344 e. The molecule has 0 aliphatic heterocycles. The van der Waals surface area contributed by atoms with Gasteiger partial charge in [-0.15, -0.1) is 5.10 Å². The van der Waals surface area contributed by atoms with Crippen molar-refractivity contribution in [3.05, 3.63) is 39.3 Å². The summed E-state index contributed by atoms with van der Waals surface area (Å²) in [6.07, 6.45) is 2.10. The van der Waals surface area contributed by atoms with E-state index in [-0.39, 0.29) is 5.69 Å². The Labute approximate surface area is 125 Å². The first-order valence-corrected chi connectivity index (χ1v) is 7.66. The highest BCUT2D eigenvalue weighted by atomic mass is 35.5. The molecule has 0 unspecified atom stereocenters. The minimum absolute atomic E-state index is 0.132. The molecule has 5 nitrogen and oxygen atoms in total. The summed E-state index contributed by atoms with van der Waals surface area (Å²) in [5, 5.41) is 11.2. The molecule has 2 aromatic rings. The molecule has 1 fully saturated rings. The maximum absolute atomic E-state index is 11.8. The summed E-state index contributed by atoms with van der Waals surface area (Å²) >= 11 is 7.55. The number of aromatic nitrogens is 3. The molecule has 1 aliphatic rings. The number of halogens is 1. The predicted molar refractivity (Wildman–Crippen MR) is 79.5 cm³/mol. The topological polar surface area (TPSA) is 62.7 Å². The zero-order valence-corrected chi connectivity index (χ0v) is 12.6. The highest BCUT2D eigenvalue weighted by Crippen LogP contribution is 2.38. The van der Waals surface area contributed by atoms with Crippen LogP contribution in [0.3, 0.4) is 0 Å². The van der Waals surface area contributed by atoms with Crippen LogP contribution in [0.15, 0.2) is 33.0 Å². The standard InChI is InChI=1S/C13H15ClN4OS/c1-15-7-8-2-3-9(14)6-11(8)20-13-17-16-12(19)18(13)10-4-5-10/h2-3,6,10,15H,4-5,7H2,1H3,(H,16,19). The summed E-state index contributed by atoms with van der Waals surface area (Å²) in [7, 11) is 1.90. The van der Waals surface area contributed by atoms with Crippen molar-refractivity contribution >= 4 is 23.4 Å². The average molecular weight is 311 g/mol. The summed E-state index contributed by atoms with van der Waals surface area (Å²) in [6, 6.07) is 6.08. The van der Waals surface area contributed by atoms with Crippen LogP contribution in [0.25, 0.3) is 0 Å². The second-order valence-electron chi connectivity index (χ2n) is 4.80. The summed E-state index contributed by atoms with van der Waals surface area (Å²) in [5.41, 5.74) is 1.01. The molecule has 0 atom stereocenters. The van der Waals surface area contributed by atoms with Gasteiger partial charge in [-0.05, 0) is 49.3 Å². The van der Waals surface area contributed by atoms with Gasteiger partial charge in [-0.1, -0.05) is 17.7 Å². The van der Waals surface area contributed by atoms with Gasteiger partial charge in [0.05, 0.1) is 0 Å². The molecule has 0 saturated heterocycles. The average Bonchev–Trinajstić information content (AvgIpc) is 3.18. The summed E-state index contributed by atoms with van der Waals surface area (Å²) in [5.74, 6) is 0. The maximum Gasteiger partial charge on any atom is 0.344 e. The Morgan fingerprint density at radius 3 is 3.05 bits per heavy atom. The molecule has 106 valence electrons. The minimum atomic E-state index is -0.132. The molecule has 7 heteroatoms. The van der Waals surface area contributed by atoms with Crippen molar-refractivity contribution < 1.29 is 0 Å². The summed E-state index contributed by atoms with van der Waals surface area (Å²) < 4.78 is 1.74. The van der Waals surface area contributed by atoms with Gasteiger partial charge in [-0.3, -0.25) is 4.57 Å². The second kappa shape index (κ2) is 5.63. The Balaban J connectivity index is 1.94. The van der Waals surface area contributed by atoms with Crippen LogP contribution in [0.1, 0.15) is 24.4 Å². The summed E-state index contributed by atoms with van der Waals surface area (Å²) in [6.45, 7) is 0.748. The molecule has 1 saturated carbocycles. The van der Waals surface area contributed by atoms with E-state index in [1.807, 2.05) is 25.2 Å². The van der Waals surface area contributed by atoms with Gasteiger partial charge in [0.1, 0.15) is 0 Å². The van der Waals surface area contributed by atoms with Crippen LogP contribution in [-0.4, -0.2) is 21.8 Å². The Bertz CT molecular complexity index is 677. The van der Waals surface area contributed by atoms with E-state index in [1.165, 1.54) is 11.8 Å². The van der Waals surface area contributed by atoms with Gasteiger partial charge < -0.3 is 5.32 Å². The lowest BCUT2D eigenvalue weighted by Crippen LogP contribution is -2.16. The molecule has 0 spiro atoms. The van der Waals surface area contributed by atoms with Crippen molar-refractivity contribution in [2.24, 2.45) is 0 Å². The second-order valence-corrected chi connectivity index (χ2v) is 6.24. The molecule has 1 heterocycles. The Hall–Kier alpha value is -1.24. The van der Waals surface area contributed by atoms with Crippen LogP contribution in [0.2, 0.25) is 5.02 Å². The van der Waals surface area contributed by atoms with Gasteiger partial charge in [0, 0.05) is 22.5 Å². The molecule has 2 N–H and O–H groups in total. The lowest BCUT2D eigenvalue weighted by Gasteiger charge is -2.09. The van der Waals surface area contributed by atoms with Gasteiger partial charge >= 0.3 is 5.69 Å². The van der Waals surface area contributed by atoms with Gasteiger partial charge in [-0.25, -0.2) is 9.89 Å². The number of rotatable bonds is 5. The van der Waals surface area contributed by atoms with Crippen LogP contribution in [0, 0.1) is 0 Å².